The lowest BCUT2D eigenvalue weighted by molar-refractivity contribution is 0.160. The van der Waals surface area contributed by atoms with Gasteiger partial charge in [0.05, 0.1) is 22.9 Å². The molecule has 0 bridgehead atoms. The van der Waals surface area contributed by atoms with Crippen molar-refractivity contribution in [1.82, 2.24) is 0 Å². The molecule has 4 nitrogen and oxygen atoms in total. The summed E-state index contributed by atoms with van der Waals surface area (Å²) >= 11 is 23.6. The fourth-order valence-corrected chi connectivity index (χ4v) is 3.05. The summed E-state index contributed by atoms with van der Waals surface area (Å²) in [4.78, 5) is 4.95. The number of rotatable bonds is 11. The van der Waals surface area contributed by atoms with Crippen LogP contribution in [0.15, 0.2) is 52.1 Å². The monoisotopic (exact) mass is 475 g/mol. The van der Waals surface area contributed by atoms with E-state index in [0.29, 0.717) is 34.8 Å². The van der Waals surface area contributed by atoms with Crippen molar-refractivity contribution in [3.05, 3.63) is 68.1 Å². The van der Waals surface area contributed by atoms with Gasteiger partial charge in [-0.25, -0.2) is 0 Å². The van der Waals surface area contributed by atoms with Crippen LogP contribution < -0.4 is 9.47 Å². The predicted octanol–water partition coefficient (Wildman–Crippen LogP) is 7.07. The van der Waals surface area contributed by atoms with Gasteiger partial charge in [0, 0.05) is 12.1 Å². The van der Waals surface area contributed by atoms with Gasteiger partial charge in [0.1, 0.15) is 23.5 Å². The van der Waals surface area contributed by atoms with Crippen molar-refractivity contribution in [2.45, 2.75) is 19.8 Å². The summed E-state index contributed by atoms with van der Waals surface area (Å²) in [6, 6.07) is 11.4. The van der Waals surface area contributed by atoms with E-state index in [0.717, 1.165) is 18.4 Å². The number of ether oxygens (including phenoxy) is 2. The second-order valence-corrected chi connectivity index (χ2v) is 7.69. The average molecular weight is 477 g/mol. The molecular weight excluding hydrogens is 456 g/mol. The van der Waals surface area contributed by atoms with Crippen molar-refractivity contribution in [1.29, 1.82) is 0 Å². The number of nitrogens with zero attached hydrogens (tertiary/aromatic N) is 1. The number of hydrogen-bond acceptors (Lipinski definition) is 4. The maximum absolute atomic E-state index is 6.26. The van der Waals surface area contributed by atoms with Gasteiger partial charge in [-0.05, 0) is 37.0 Å². The van der Waals surface area contributed by atoms with Crippen molar-refractivity contribution < 1.29 is 14.3 Å². The van der Waals surface area contributed by atoms with Gasteiger partial charge in [-0.15, -0.1) is 0 Å². The molecule has 0 aromatic heterocycles. The van der Waals surface area contributed by atoms with E-state index in [4.69, 9.17) is 60.7 Å². The molecule has 0 saturated heterocycles. The Balaban J connectivity index is 1.82. The normalized spacial score (nSPS) is 10.8. The first kappa shape index (κ1) is 23.7. The second-order valence-electron chi connectivity index (χ2n) is 5.87. The molecule has 0 radical (unpaired) electrons. The highest BCUT2D eigenvalue weighted by molar-refractivity contribution is 6.55. The van der Waals surface area contributed by atoms with E-state index in [1.54, 1.807) is 18.3 Å². The largest absolute Gasteiger partial charge is 0.490 e. The summed E-state index contributed by atoms with van der Waals surface area (Å²) in [7, 11) is 0. The molecule has 156 valence electrons. The van der Waals surface area contributed by atoms with Gasteiger partial charge in [0.15, 0.2) is 5.75 Å². The molecule has 0 aliphatic heterocycles. The van der Waals surface area contributed by atoms with E-state index < -0.39 is 0 Å². The summed E-state index contributed by atoms with van der Waals surface area (Å²) in [5.41, 5.74) is 2.19. The molecule has 8 heteroatoms. The van der Waals surface area contributed by atoms with E-state index in [2.05, 4.69) is 17.3 Å². The van der Waals surface area contributed by atoms with E-state index >= 15 is 0 Å². The van der Waals surface area contributed by atoms with Crippen LogP contribution in [0.1, 0.15) is 24.5 Å². The number of halogens is 4. The molecule has 2 aromatic carbocycles. The summed E-state index contributed by atoms with van der Waals surface area (Å²) < 4.78 is 11.4. The van der Waals surface area contributed by atoms with E-state index in [1.165, 1.54) is 11.6 Å². The summed E-state index contributed by atoms with van der Waals surface area (Å²) in [5.74, 6) is 0.945. The molecule has 0 fully saturated rings. The predicted molar refractivity (Wildman–Crippen MR) is 121 cm³/mol. The van der Waals surface area contributed by atoms with Crippen LogP contribution in [0.3, 0.4) is 0 Å². The minimum atomic E-state index is 0.135. The lowest BCUT2D eigenvalue weighted by Gasteiger charge is -2.12. The van der Waals surface area contributed by atoms with Gasteiger partial charge in [-0.1, -0.05) is 75.8 Å². The number of aryl methyl sites for hydroxylation is 1. The van der Waals surface area contributed by atoms with Crippen LogP contribution in [0.4, 0.5) is 0 Å². The maximum Gasteiger partial charge on any atom is 0.156 e. The minimum Gasteiger partial charge on any atom is -0.490 e. The third-order valence-corrected chi connectivity index (χ3v) is 4.57. The van der Waals surface area contributed by atoms with Gasteiger partial charge in [-0.2, -0.15) is 0 Å². The number of hydrogen-bond donors (Lipinski definition) is 0. The number of benzene rings is 2. The molecule has 0 N–H and O–H groups in total. The fourth-order valence-electron chi connectivity index (χ4n) is 2.35. The third kappa shape index (κ3) is 8.75. The van der Waals surface area contributed by atoms with Gasteiger partial charge in [0.2, 0.25) is 0 Å². The Morgan fingerprint density at radius 2 is 1.72 bits per heavy atom. The number of oxime groups is 1. The summed E-state index contributed by atoms with van der Waals surface area (Å²) in [6.07, 6.45) is 4.89. The zero-order valence-corrected chi connectivity index (χ0v) is 18.9. The first-order valence-electron chi connectivity index (χ1n) is 8.99. The second kappa shape index (κ2) is 12.9. The topological polar surface area (TPSA) is 40.0 Å². The van der Waals surface area contributed by atoms with Crippen molar-refractivity contribution in [3.8, 4) is 11.5 Å². The Kier molecular flexibility index (Phi) is 10.5. The molecule has 0 aliphatic carbocycles. The van der Waals surface area contributed by atoms with E-state index in [1.807, 2.05) is 19.1 Å². The highest BCUT2D eigenvalue weighted by Gasteiger charge is 2.10. The Bertz CT molecular complexity index is 811. The molecule has 0 aliphatic rings. The molecule has 0 atom stereocenters. The molecule has 2 aromatic rings. The van der Waals surface area contributed by atoms with Crippen LogP contribution in [0, 0.1) is 0 Å². The van der Waals surface area contributed by atoms with Gasteiger partial charge in [0.25, 0.3) is 0 Å². The first-order valence-corrected chi connectivity index (χ1v) is 10.5. The molecule has 0 amide bonds. The smallest absolute Gasteiger partial charge is 0.156 e. The molecule has 2 rings (SSSR count). The lowest BCUT2D eigenvalue weighted by Crippen LogP contribution is -2.01. The molecule has 0 saturated carbocycles. The Labute approximate surface area is 190 Å². The zero-order valence-electron chi connectivity index (χ0n) is 15.8. The maximum atomic E-state index is 6.26. The van der Waals surface area contributed by atoms with Crippen LogP contribution in [0.5, 0.6) is 11.5 Å². The standard InChI is InChI=1S/C21H21Cl4NO3/c1-2-29-26-14-16-7-5-15(6-8-16)4-3-10-28-21-18(22)12-17(13-19(21)23)27-11-9-20(24)25/h5-9,12-14H,2-4,10-11H2,1H3. The summed E-state index contributed by atoms with van der Waals surface area (Å²) in [5, 5.41) is 4.61. The highest BCUT2D eigenvalue weighted by Crippen LogP contribution is 2.37. The van der Waals surface area contributed by atoms with Crippen molar-refractivity contribution in [2.24, 2.45) is 5.16 Å². The van der Waals surface area contributed by atoms with Crippen molar-refractivity contribution in [2.75, 3.05) is 19.8 Å². The van der Waals surface area contributed by atoms with Crippen LogP contribution in [-0.4, -0.2) is 26.0 Å². The lowest BCUT2D eigenvalue weighted by atomic mass is 10.1. The molecule has 0 heterocycles. The van der Waals surface area contributed by atoms with Gasteiger partial charge >= 0.3 is 0 Å². The quantitative estimate of drug-likeness (QED) is 0.197. The Morgan fingerprint density at radius 1 is 1.03 bits per heavy atom. The van der Waals surface area contributed by atoms with Gasteiger partial charge < -0.3 is 14.3 Å². The van der Waals surface area contributed by atoms with Crippen LogP contribution in [0.2, 0.25) is 10.0 Å². The van der Waals surface area contributed by atoms with E-state index in [-0.39, 0.29) is 11.1 Å². The SMILES string of the molecule is CCON=Cc1ccc(CCCOc2c(Cl)cc(OCC=C(Cl)Cl)cc2Cl)cc1. The van der Waals surface area contributed by atoms with Crippen LogP contribution >= 0.6 is 46.4 Å². The average Bonchev–Trinajstić information content (AvgIpc) is 2.68. The van der Waals surface area contributed by atoms with Gasteiger partial charge in [-0.3, -0.25) is 0 Å². The van der Waals surface area contributed by atoms with E-state index in [9.17, 15) is 0 Å². The molecule has 0 unspecified atom stereocenters. The molecular formula is C21H21Cl4NO3. The minimum absolute atomic E-state index is 0.135. The highest BCUT2D eigenvalue weighted by atomic mass is 35.5. The first-order chi connectivity index (χ1) is 14.0. The van der Waals surface area contributed by atoms with Crippen molar-refractivity contribution in [3.63, 3.8) is 0 Å². The third-order valence-electron chi connectivity index (χ3n) is 3.70. The molecule has 29 heavy (non-hydrogen) atoms. The Morgan fingerprint density at radius 3 is 2.34 bits per heavy atom. The van der Waals surface area contributed by atoms with Crippen LogP contribution in [-0.2, 0) is 11.3 Å². The Hall–Kier alpha value is -1.59. The molecule has 0 spiro atoms. The summed E-state index contributed by atoms with van der Waals surface area (Å²) in [6.45, 7) is 3.14. The fraction of sp³-hybridized carbons (Fsp3) is 0.286. The van der Waals surface area contributed by atoms with Crippen molar-refractivity contribution >= 4 is 52.6 Å². The van der Waals surface area contributed by atoms with Crippen LogP contribution in [0.25, 0.3) is 0 Å². The zero-order chi connectivity index (χ0) is 21.1.